The number of aromatic nitrogens is 1. The summed E-state index contributed by atoms with van der Waals surface area (Å²) in [4.78, 5) is 6.58. The Hall–Kier alpha value is -1.13. The summed E-state index contributed by atoms with van der Waals surface area (Å²) in [6.45, 7) is 5.59. The molecule has 0 radical (unpaired) electrons. The Morgan fingerprint density at radius 3 is 2.88 bits per heavy atom. The Balaban J connectivity index is 2.32. The van der Waals surface area contributed by atoms with E-state index in [2.05, 4.69) is 36.2 Å². The number of rotatable bonds is 8. The zero-order valence-electron chi connectivity index (χ0n) is 11.1. The van der Waals surface area contributed by atoms with E-state index in [1.54, 1.807) is 0 Å². The first kappa shape index (κ1) is 13.9. The molecule has 96 valence electrons. The van der Waals surface area contributed by atoms with Crippen LogP contribution in [0.4, 0.5) is 0 Å². The lowest BCUT2D eigenvalue weighted by Gasteiger charge is -2.10. The molecule has 4 heteroatoms. The molecule has 0 saturated carbocycles. The summed E-state index contributed by atoms with van der Waals surface area (Å²) in [5, 5.41) is 3.25. The van der Waals surface area contributed by atoms with Crippen molar-refractivity contribution < 1.29 is 4.74 Å². The van der Waals surface area contributed by atoms with Gasteiger partial charge in [-0.25, -0.2) is 4.98 Å². The van der Waals surface area contributed by atoms with Gasteiger partial charge in [-0.1, -0.05) is 13.0 Å². The van der Waals surface area contributed by atoms with Gasteiger partial charge in [0, 0.05) is 19.2 Å². The van der Waals surface area contributed by atoms with Gasteiger partial charge in [0.1, 0.15) is 0 Å². The van der Waals surface area contributed by atoms with Gasteiger partial charge in [0.25, 0.3) is 0 Å². The van der Waals surface area contributed by atoms with Gasteiger partial charge in [0.05, 0.1) is 12.3 Å². The Morgan fingerprint density at radius 2 is 2.18 bits per heavy atom. The lowest BCUT2D eigenvalue weighted by Crippen LogP contribution is -2.16. The quantitative estimate of drug-likeness (QED) is 0.696. The molecule has 1 rings (SSSR count). The van der Waals surface area contributed by atoms with E-state index in [0.29, 0.717) is 0 Å². The molecule has 1 aromatic rings. The molecule has 0 bridgehead atoms. The van der Waals surface area contributed by atoms with Crippen LogP contribution >= 0.6 is 0 Å². The van der Waals surface area contributed by atoms with Gasteiger partial charge in [0.2, 0.25) is 5.88 Å². The third-order valence-electron chi connectivity index (χ3n) is 2.34. The van der Waals surface area contributed by atoms with E-state index >= 15 is 0 Å². The van der Waals surface area contributed by atoms with Crippen molar-refractivity contribution in [3.63, 3.8) is 0 Å². The predicted molar refractivity (Wildman–Crippen MR) is 70.3 cm³/mol. The highest BCUT2D eigenvalue weighted by atomic mass is 16.5. The molecule has 0 spiro atoms. The van der Waals surface area contributed by atoms with Crippen LogP contribution in [-0.4, -0.2) is 43.7 Å². The van der Waals surface area contributed by atoms with Gasteiger partial charge in [-0.05, 0) is 33.1 Å². The Morgan fingerprint density at radius 1 is 1.35 bits per heavy atom. The van der Waals surface area contributed by atoms with E-state index in [9.17, 15) is 0 Å². The maximum absolute atomic E-state index is 5.61. The number of hydrogen-bond acceptors (Lipinski definition) is 4. The average Bonchev–Trinajstić information content (AvgIpc) is 2.32. The monoisotopic (exact) mass is 237 g/mol. The van der Waals surface area contributed by atoms with Gasteiger partial charge in [-0.15, -0.1) is 0 Å². The highest BCUT2D eigenvalue weighted by Crippen LogP contribution is 2.07. The van der Waals surface area contributed by atoms with Gasteiger partial charge in [-0.2, -0.15) is 0 Å². The fraction of sp³-hybridized carbons (Fsp3) is 0.615. The number of hydrogen-bond donors (Lipinski definition) is 1. The number of ether oxygens (including phenoxy) is 1. The second kappa shape index (κ2) is 8.03. The van der Waals surface area contributed by atoms with Crippen LogP contribution in [-0.2, 0) is 6.54 Å². The summed E-state index contributed by atoms with van der Waals surface area (Å²) in [7, 11) is 4.13. The molecule has 0 aliphatic carbocycles. The number of nitrogens with zero attached hydrogens (tertiary/aromatic N) is 2. The predicted octanol–water partition coefficient (Wildman–Crippen LogP) is 1.52. The van der Waals surface area contributed by atoms with E-state index in [0.717, 1.165) is 44.2 Å². The molecule has 1 N–H and O–H groups in total. The van der Waals surface area contributed by atoms with Gasteiger partial charge >= 0.3 is 0 Å². The summed E-state index contributed by atoms with van der Waals surface area (Å²) in [6.07, 6.45) is 1.02. The van der Waals surface area contributed by atoms with Gasteiger partial charge in [-0.3, -0.25) is 0 Å². The average molecular weight is 237 g/mol. The van der Waals surface area contributed by atoms with Gasteiger partial charge < -0.3 is 15.0 Å². The minimum atomic E-state index is 0.718. The topological polar surface area (TPSA) is 37.4 Å². The molecular weight excluding hydrogens is 214 g/mol. The van der Waals surface area contributed by atoms with Crippen molar-refractivity contribution in [1.29, 1.82) is 0 Å². The highest BCUT2D eigenvalue weighted by Gasteiger charge is 1.98. The minimum Gasteiger partial charge on any atom is -0.478 e. The summed E-state index contributed by atoms with van der Waals surface area (Å²) in [5.41, 5.74) is 1.02. The molecule has 1 heterocycles. The van der Waals surface area contributed by atoms with Crippen molar-refractivity contribution >= 4 is 0 Å². The number of nitrogens with one attached hydrogen (secondary N) is 1. The maximum Gasteiger partial charge on any atom is 0.213 e. The molecule has 0 atom stereocenters. The summed E-state index contributed by atoms with van der Waals surface area (Å²) in [6, 6.07) is 5.90. The molecular formula is C13H23N3O. The third-order valence-corrected chi connectivity index (χ3v) is 2.34. The van der Waals surface area contributed by atoms with Crippen LogP contribution in [0.3, 0.4) is 0 Å². The van der Waals surface area contributed by atoms with Crippen LogP contribution in [0.25, 0.3) is 0 Å². The fourth-order valence-corrected chi connectivity index (χ4v) is 1.45. The van der Waals surface area contributed by atoms with Crippen molar-refractivity contribution in [2.75, 3.05) is 33.8 Å². The van der Waals surface area contributed by atoms with E-state index in [1.807, 2.05) is 18.2 Å². The van der Waals surface area contributed by atoms with Crippen molar-refractivity contribution in [2.24, 2.45) is 0 Å². The first-order valence-electron chi connectivity index (χ1n) is 6.16. The van der Waals surface area contributed by atoms with Crippen molar-refractivity contribution in [3.05, 3.63) is 23.9 Å². The lowest BCUT2D eigenvalue weighted by atomic mass is 10.3. The molecule has 0 saturated heterocycles. The first-order valence-corrected chi connectivity index (χ1v) is 6.16. The molecule has 0 fully saturated rings. The smallest absolute Gasteiger partial charge is 0.213 e. The highest BCUT2D eigenvalue weighted by molar-refractivity contribution is 5.15. The van der Waals surface area contributed by atoms with E-state index in [4.69, 9.17) is 4.74 Å². The van der Waals surface area contributed by atoms with Crippen LogP contribution in [0.1, 0.15) is 19.0 Å². The largest absolute Gasteiger partial charge is 0.478 e. The number of pyridine rings is 1. The van der Waals surface area contributed by atoms with Crippen LogP contribution in [0.5, 0.6) is 5.88 Å². The van der Waals surface area contributed by atoms with Crippen molar-refractivity contribution in [3.8, 4) is 5.88 Å². The van der Waals surface area contributed by atoms with E-state index < -0.39 is 0 Å². The zero-order chi connectivity index (χ0) is 12.5. The molecule has 4 nitrogen and oxygen atoms in total. The van der Waals surface area contributed by atoms with Crippen LogP contribution < -0.4 is 10.1 Å². The summed E-state index contributed by atoms with van der Waals surface area (Å²) in [5.74, 6) is 0.721. The second-order valence-electron chi connectivity index (χ2n) is 4.25. The fourth-order valence-electron chi connectivity index (χ4n) is 1.45. The summed E-state index contributed by atoms with van der Waals surface area (Å²) < 4.78 is 5.61. The second-order valence-corrected chi connectivity index (χ2v) is 4.25. The Bertz CT molecular complexity index is 315. The third kappa shape index (κ3) is 6.24. The van der Waals surface area contributed by atoms with Crippen LogP contribution in [0.2, 0.25) is 0 Å². The van der Waals surface area contributed by atoms with Crippen LogP contribution in [0, 0.1) is 0 Å². The molecule has 17 heavy (non-hydrogen) atoms. The van der Waals surface area contributed by atoms with Crippen molar-refractivity contribution in [1.82, 2.24) is 15.2 Å². The normalized spacial score (nSPS) is 10.8. The lowest BCUT2D eigenvalue weighted by molar-refractivity contribution is 0.272. The van der Waals surface area contributed by atoms with Crippen LogP contribution in [0.15, 0.2) is 18.2 Å². The van der Waals surface area contributed by atoms with Crippen molar-refractivity contribution in [2.45, 2.75) is 19.9 Å². The SMILES string of the molecule is CCNCc1cccc(OCCCN(C)C)n1. The Kier molecular flexibility index (Phi) is 6.58. The first-order chi connectivity index (χ1) is 8.22. The molecule has 0 aromatic carbocycles. The zero-order valence-corrected chi connectivity index (χ0v) is 11.1. The standard InChI is InChI=1S/C13H23N3O/c1-4-14-11-12-7-5-8-13(15-12)17-10-6-9-16(2)3/h5,7-8,14H,4,6,9-11H2,1-3H3. The molecule has 0 unspecified atom stereocenters. The molecule has 0 amide bonds. The Labute approximate surface area is 104 Å². The van der Waals surface area contributed by atoms with Gasteiger partial charge in [0.15, 0.2) is 0 Å². The maximum atomic E-state index is 5.61. The molecule has 1 aromatic heterocycles. The minimum absolute atomic E-state index is 0.718. The molecule has 0 aliphatic heterocycles. The van der Waals surface area contributed by atoms with E-state index in [1.165, 1.54) is 0 Å². The molecule has 0 aliphatic rings. The summed E-state index contributed by atoms with van der Waals surface area (Å²) >= 11 is 0. The van der Waals surface area contributed by atoms with E-state index in [-0.39, 0.29) is 0 Å².